The van der Waals surface area contributed by atoms with Crippen LogP contribution in [0.15, 0.2) is 79.0 Å². The Morgan fingerprint density at radius 1 is 1.00 bits per heavy atom. The number of hydrogen-bond acceptors (Lipinski definition) is 4. The van der Waals surface area contributed by atoms with Crippen molar-refractivity contribution in [3.8, 4) is 28.1 Å². The van der Waals surface area contributed by atoms with Crippen LogP contribution in [0.2, 0.25) is 0 Å². The highest BCUT2D eigenvalue weighted by Crippen LogP contribution is 2.40. The summed E-state index contributed by atoms with van der Waals surface area (Å²) in [7, 11) is 0. The second-order valence-corrected chi connectivity index (χ2v) is 9.10. The van der Waals surface area contributed by atoms with E-state index in [1.54, 1.807) is 12.3 Å². The molecule has 0 radical (unpaired) electrons. The van der Waals surface area contributed by atoms with Gasteiger partial charge in [-0.15, -0.1) is 0 Å². The van der Waals surface area contributed by atoms with E-state index in [9.17, 15) is 18.3 Å². The third kappa shape index (κ3) is 4.62. The van der Waals surface area contributed by atoms with Crippen LogP contribution in [0.4, 0.5) is 13.2 Å². The molecule has 5 rings (SSSR count). The SMILES string of the molecule is C[C@@]1(CO)NCCn2c(-c3ccc(OCc4ccc(-c5ccccc5)cc4)c(C(F)(F)F)c3)cnc21. The Morgan fingerprint density at radius 2 is 1.69 bits per heavy atom. The van der Waals surface area contributed by atoms with E-state index >= 15 is 0 Å². The van der Waals surface area contributed by atoms with Crippen LogP contribution < -0.4 is 10.1 Å². The summed E-state index contributed by atoms with van der Waals surface area (Å²) in [6, 6.07) is 21.5. The topological polar surface area (TPSA) is 59.3 Å². The second-order valence-electron chi connectivity index (χ2n) is 9.10. The standard InChI is InChI=1S/C28H26F3N3O2/c1-27(18-35)26-32-16-24(34(26)14-13-33-27)22-11-12-25(23(15-22)28(29,30)31)36-17-19-7-9-21(10-8-19)20-5-3-2-4-6-20/h2-12,15-16,33,35H,13-14,17-18H2,1H3/t27-/m0/s1. The van der Waals surface area contributed by atoms with Crippen LogP contribution in [0.3, 0.4) is 0 Å². The summed E-state index contributed by atoms with van der Waals surface area (Å²) in [5, 5.41) is 13.0. The number of rotatable bonds is 6. The quantitative estimate of drug-likeness (QED) is 0.366. The van der Waals surface area contributed by atoms with Crippen molar-refractivity contribution in [2.45, 2.75) is 31.8 Å². The number of halogens is 3. The Bertz CT molecular complexity index is 1350. The number of aromatic nitrogens is 2. The van der Waals surface area contributed by atoms with Gasteiger partial charge >= 0.3 is 6.18 Å². The van der Waals surface area contributed by atoms with Gasteiger partial charge < -0.3 is 19.7 Å². The Balaban J connectivity index is 1.40. The highest BCUT2D eigenvalue weighted by molar-refractivity contribution is 5.64. The van der Waals surface area contributed by atoms with E-state index in [0.29, 0.717) is 30.2 Å². The summed E-state index contributed by atoms with van der Waals surface area (Å²) in [4.78, 5) is 4.40. The molecule has 4 aromatic rings. The molecule has 0 fully saturated rings. The fraction of sp³-hybridized carbons (Fsp3) is 0.250. The number of hydrogen-bond donors (Lipinski definition) is 2. The summed E-state index contributed by atoms with van der Waals surface area (Å²) in [5.41, 5.74) is 2.24. The van der Waals surface area contributed by atoms with Crippen LogP contribution >= 0.6 is 0 Å². The largest absolute Gasteiger partial charge is 0.488 e. The number of ether oxygens (including phenoxy) is 1. The van der Waals surface area contributed by atoms with Crippen molar-refractivity contribution in [1.82, 2.24) is 14.9 Å². The van der Waals surface area contributed by atoms with Crippen LogP contribution in [0.1, 0.15) is 23.9 Å². The molecule has 0 amide bonds. The number of nitrogens with one attached hydrogen (secondary N) is 1. The van der Waals surface area contributed by atoms with Gasteiger partial charge in [0.2, 0.25) is 0 Å². The first-order valence-corrected chi connectivity index (χ1v) is 11.7. The third-order valence-corrected chi connectivity index (χ3v) is 6.55. The molecule has 2 heterocycles. The molecule has 1 aliphatic heterocycles. The summed E-state index contributed by atoms with van der Waals surface area (Å²) in [6.07, 6.45) is -3.03. The van der Waals surface area contributed by atoms with Crippen molar-refractivity contribution in [3.05, 3.63) is 95.9 Å². The highest BCUT2D eigenvalue weighted by Gasteiger charge is 2.37. The van der Waals surface area contributed by atoms with E-state index in [2.05, 4.69) is 10.3 Å². The lowest BCUT2D eigenvalue weighted by Crippen LogP contribution is -2.50. The minimum atomic E-state index is -4.59. The van der Waals surface area contributed by atoms with Crippen molar-refractivity contribution in [2.24, 2.45) is 0 Å². The minimum absolute atomic E-state index is 0.0140. The summed E-state index contributed by atoms with van der Waals surface area (Å²) in [6.45, 7) is 2.78. The molecule has 5 nitrogen and oxygen atoms in total. The number of imidazole rings is 1. The van der Waals surface area contributed by atoms with Gasteiger partial charge in [0.05, 0.1) is 29.6 Å². The van der Waals surface area contributed by atoms with E-state index in [1.807, 2.05) is 66.1 Å². The Hall–Kier alpha value is -3.62. The molecule has 36 heavy (non-hydrogen) atoms. The van der Waals surface area contributed by atoms with Crippen LogP contribution in [0, 0.1) is 0 Å². The fourth-order valence-corrected chi connectivity index (χ4v) is 4.54. The maximum Gasteiger partial charge on any atom is 0.419 e. The van der Waals surface area contributed by atoms with Crippen molar-refractivity contribution in [3.63, 3.8) is 0 Å². The molecule has 186 valence electrons. The van der Waals surface area contributed by atoms with Gasteiger partial charge in [-0.25, -0.2) is 4.98 Å². The average molecular weight is 494 g/mol. The first-order valence-electron chi connectivity index (χ1n) is 11.7. The number of nitrogens with zero attached hydrogens (tertiary/aromatic N) is 2. The van der Waals surface area contributed by atoms with Crippen molar-refractivity contribution in [2.75, 3.05) is 13.2 Å². The second kappa shape index (κ2) is 9.44. The zero-order chi connectivity index (χ0) is 25.3. The van der Waals surface area contributed by atoms with Gasteiger partial charge in [-0.2, -0.15) is 13.2 Å². The molecule has 0 saturated carbocycles. The molecule has 1 aliphatic rings. The van der Waals surface area contributed by atoms with E-state index < -0.39 is 17.3 Å². The van der Waals surface area contributed by atoms with Crippen LogP contribution in [-0.2, 0) is 24.9 Å². The van der Waals surface area contributed by atoms with Gasteiger partial charge in [0.15, 0.2) is 0 Å². The van der Waals surface area contributed by atoms with Gasteiger partial charge in [0.1, 0.15) is 18.2 Å². The molecule has 1 atom stereocenters. The van der Waals surface area contributed by atoms with Crippen molar-refractivity contribution in [1.29, 1.82) is 0 Å². The maximum absolute atomic E-state index is 14.0. The number of benzene rings is 3. The van der Waals surface area contributed by atoms with Crippen molar-refractivity contribution < 1.29 is 23.0 Å². The van der Waals surface area contributed by atoms with E-state index in [-0.39, 0.29) is 19.0 Å². The molecular weight excluding hydrogens is 467 g/mol. The lowest BCUT2D eigenvalue weighted by atomic mass is 10.0. The lowest BCUT2D eigenvalue weighted by Gasteiger charge is -2.34. The van der Waals surface area contributed by atoms with Gasteiger partial charge in [-0.05, 0) is 41.8 Å². The molecule has 1 aromatic heterocycles. The van der Waals surface area contributed by atoms with Crippen LogP contribution in [0.25, 0.3) is 22.4 Å². The molecule has 0 spiro atoms. The molecule has 0 saturated heterocycles. The number of fused-ring (bicyclic) bond motifs is 1. The zero-order valence-corrected chi connectivity index (χ0v) is 19.7. The molecule has 0 unspecified atom stereocenters. The Morgan fingerprint density at radius 3 is 2.39 bits per heavy atom. The smallest absolute Gasteiger partial charge is 0.419 e. The molecule has 0 bridgehead atoms. The zero-order valence-electron chi connectivity index (χ0n) is 19.7. The van der Waals surface area contributed by atoms with Gasteiger partial charge in [-0.1, -0.05) is 54.6 Å². The Labute approximate surface area is 207 Å². The third-order valence-electron chi connectivity index (χ3n) is 6.55. The van der Waals surface area contributed by atoms with Crippen molar-refractivity contribution >= 4 is 0 Å². The lowest BCUT2D eigenvalue weighted by molar-refractivity contribution is -0.139. The number of aliphatic hydroxyl groups is 1. The highest BCUT2D eigenvalue weighted by atomic mass is 19.4. The molecule has 8 heteroatoms. The predicted octanol–water partition coefficient (Wildman–Crippen LogP) is 5.63. The van der Waals surface area contributed by atoms with Gasteiger partial charge in [0, 0.05) is 18.7 Å². The summed E-state index contributed by atoms with van der Waals surface area (Å²) >= 11 is 0. The molecular formula is C28H26F3N3O2. The molecule has 2 N–H and O–H groups in total. The molecule has 3 aromatic carbocycles. The van der Waals surface area contributed by atoms with Gasteiger partial charge in [0.25, 0.3) is 0 Å². The van der Waals surface area contributed by atoms with Crippen LogP contribution in [-0.4, -0.2) is 27.8 Å². The minimum Gasteiger partial charge on any atom is -0.488 e. The first-order chi connectivity index (χ1) is 17.3. The van der Waals surface area contributed by atoms with E-state index in [0.717, 1.165) is 22.8 Å². The average Bonchev–Trinajstić information content (AvgIpc) is 3.33. The van der Waals surface area contributed by atoms with E-state index in [1.165, 1.54) is 6.07 Å². The Kier molecular flexibility index (Phi) is 6.32. The number of alkyl halides is 3. The fourth-order valence-electron chi connectivity index (χ4n) is 4.54. The maximum atomic E-state index is 14.0. The normalized spacial score (nSPS) is 17.6. The van der Waals surface area contributed by atoms with E-state index in [4.69, 9.17) is 4.74 Å². The monoisotopic (exact) mass is 493 g/mol. The summed E-state index contributed by atoms with van der Waals surface area (Å²) < 4.78 is 49.5. The van der Waals surface area contributed by atoms with Crippen LogP contribution in [0.5, 0.6) is 5.75 Å². The number of aliphatic hydroxyl groups excluding tert-OH is 1. The van der Waals surface area contributed by atoms with Gasteiger partial charge in [-0.3, -0.25) is 0 Å². The molecule has 0 aliphatic carbocycles. The first kappa shape index (κ1) is 24.1. The predicted molar refractivity (Wildman–Crippen MR) is 131 cm³/mol. The summed E-state index contributed by atoms with van der Waals surface area (Å²) in [5.74, 6) is 0.373.